The molecule has 2 rings (SSSR count). The standard InChI is InChI=1S/C13H19N5O2S/c1-9(2)8-16-13-11(21(3,19)20)12(14)18(17-13)10-6-4-5-7-15-10/h4-7,9H,8,14H2,1-3H3,(H,16,17). The van der Waals surface area contributed by atoms with Crippen LogP contribution in [-0.4, -0.2) is 36.0 Å². The summed E-state index contributed by atoms with van der Waals surface area (Å²) in [5.74, 6) is 1.13. The second-order valence-corrected chi connectivity index (χ2v) is 7.16. The molecule has 0 amide bonds. The van der Waals surface area contributed by atoms with Gasteiger partial charge < -0.3 is 11.1 Å². The van der Waals surface area contributed by atoms with E-state index in [0.29, 0.717) is 18.3 Å². The molecule has 2 heterocycles. The van der Waals surface area contributed by atoms with Crippen molar-refractivity contribution in [2.45, 2.75) is 18.7 Å². The quantitative estimate of drug-likeness (QED) is 0.863. The first-order valence-electron chi connectivity index (χ1n) is 6.54. The summed E-state index contributed by atoms with van der Waals surface area (Å²) in [5, 5.41) is 7.29. The van der Waals surface area contributed by atoms with Gasteiger partial charge in [-0.25, -0.2) is 13.4 Å². The number of nitrogens with one attached hydrogen (secondary N) is 1. The number of hydrogen-bond acceptors (Lipinski definition) is 6. The summed E-state index contributed by atoms with van der Waals surface area (Å²) in [4.78, 5) is 4.15. The van der Waals surface area contributed by atoms with Crippen LogP contribution in [-0.2, 0) is 9.84 Å². The largest absolute Gasteiger partial charge is 0.382 e. The van der Waals surface area contributed by atoms with Gasteiger partial charge in [0.05, 0.1) is 0 Å². The number of anilines is 2. The van der Waals surface area contributed by atoms with Crippen LogP contribution < -0.4 is 11.1 Å². The lowest BCUT2D eigenvalue weighted by atomic mass is 10.2. The van der Waals surface area contributed by atoms with Crippen molar-refractivity contribution in [3.05, 3.63) is 24.4 Å². The molecule has 0 aromatic carbocycles. The maximum atomic E-state index is 12.0. The summed E-state index contributed by atoms with van der Waals surface area (Å²) in [6.07, 6.45) is 2.71. The van der Waals surface area contributed by atoms with Crippen LogP contribution in [0, 0.1) is 5.92 Å². The molecule has 114 valence electrons. The van der Waals surface area contributed by atoms with E-state index in [1.807, 2.05) is 13.8 Å². The maximum Gasteiger partial charge on any atom is 0.182 e. The summed E-state index contributed by atoms with van der Waals surface area (Å²) in [7, 11) is -3.50. The topological polar surface area (TPSA) is 103 Å². The summed E-state index contributed by atoms with van der Waals surface area (Å²) >= 11 is 0. The number of hydrogen-bond donors (Lipinski definition) is 2. The van der Waals surface area contributed by atoms with E-state index in [-0.39, 0.29) is 16.5 Å². The molecule has 21 heavy (non-hydrogen) atoms. The zero-order chi connectivity index (χ0) is 15.6. The van der Waals surface area contributed by atoms with Gasteiger partial charge in [-0.2, -0.15) is 4.68 Å². The minimum Gasteiger partial charge on any atom is -0.382 e. The highest BCUT2D eigenvalue weighted by atomic mass is 32.2. The lowest BCUT2D eigenvalue weighted by Gasteiger charge is -2.07. The first-order chi connectivity index (χ1) is 9.80. The van der Waals surface area contributed by atoms with Crippen LogP contribution in [0.5, 0.6) is 0 Å². The van der Waals surface area contributed by atoms with E-state index in [0.717, 1.165) is 6.26 Å². The van der Waals surface area contributed by atoms with Gasteiger partial charge in [0, 0.05) is 19.0 Å². The van der Waals surface area contributed by atoms with Crippen molar-refractivity contribution >= 4 is 21.5 Å². The van der Waals surface area contributed by atoms with Gasteiger partial charge in [-0.1, -0.05) is 19.9 Å². The van der Waals surface area contributed by atoms with E-state index < -0.39 is 9.84 Å². The first kappa shape index (κ1) is 15.3. The van der Waals surface area contributed by atoms with Gasteiger partial charge in [0.25, 0.3) is 0 Å². The molecule has 0 bridgehead atoms. The molecule has 0 radical (unpaired) electrons. The number of pyridine rings is 1. The molecule has 0 fully saturated rings. The molecule has 2 aromatic heterocycles. The van der Waals surface area contributed by atoms with Crippen molar-refractivity contribution in [3.63, 3.8) is 0 Å². The Kier molecular flexibility index (Phi) is 4.17. The number of nitrogen functional groups attached to an aromatic ring is 1. The van der Waals surface area contributed by atoms with Gasteiger partial charge in [0.2, 0.25) is 0 Å². The maximum absolute atomic E-state index is 12.0. The minimum atomic E-state index is -3.50. The summed E-state index contributed by atoms with van der Waals surface area (Å²) in [6.45, 7) is 4.64. The molecule has 0 aliphatic carbocycles. The Labute approximate surface area is 124 Å². The molecule has 0 unspecified atom stereocenters. The Bertz CT molecular complexity index is 723. The fraction of sp³-hybridized carbons (Fsp3) is 0.385. The molecule has 7 nitrogen and oxygen atoms in total. The molecule has 0 saturated heterocycles. The third kappa shape index (κ3) is 3.33. The monoisotopic (exact) mass is 309 g/mol. The van der Waals surface area contributed by atoms with E-state index in [2.05, 4.69) is 15.4 Å². The van der Waals surface area contributed by atoms with Crippen LogP contribution >= 0.6 is 0 Å². The normalized spacial score (nSPS) is 11.8. The Hall–Kier alpha value is -2.09. The van der Waals surface area contributed by atoms with Gasteiger partial charge in [-0.15, -0.1) is 5.10 Å². The van der Waals surface area contributed by atoms with Crippen LogP contribution in [0.3, 0.4) is 0 Å². The highest BCUT2D eigenvalue weighted by Crippen LogP contribution is 2.29. The molecule has 2 aromatic rings. The molecule has 3 N–H and O–H groups in total. The smallest absolute Gasteiger partial charge is 0.182 e. The lowest BCUT2D eigenvalue weighted by Crippen LogP contribution is -2.11. The molecule has 0 spiro atoms. The molecule has 0 aliphatic rings. The molecule has 0 saturated carbocycles. The minimum absolute atomic E-state index is 0.00815. The number of nitrogens with two attached hydrogens (primary N) is 1. The Morgan fingerprint density at radius 3 is 2.62 bits per heavy atom. The van der Waals surface area contributed by atoms with Crippen LogP contribution in [0.15, 0.2) is 29.3 Å². The average molecular weight is 309 g/mol. The first-order valence-corrected chi connectivity index (χ1v) is 8.43. The van der Waals surface area contributed by atoms with Gasteiger partial charge in [0.1, 0.15) is 5.82 Å². The molecule has 8 heteroatoms. The Morgan fingerprint density at radius 2 is 2.10 bits per heavy atom. The van der Waals surface area contributed by atoms with Gasteiger partial charge in [-0.3, -0.25) is 0 Å². The predicted molar refractivity (Wildman–Crippen MR) is 82.2 cm³/mol. The zero-order valence-electron chi connectivity index (χ0n) is 12.2. The zero-order valence-corrected chi connectivity index (χ0v) is 13.1. The molecular formula is C13H19N5O2S. The van der Waals surface area contributed by atoms with Crippen LogP contribution in [0.25, 0.3) is 5.82 Å². The van der Waals surface area contributed by atoms with E-state index in [4.69, 9.17) is 5.73 Å². The molecular weight excluding hydrogens is 290 g/mol. The van der Waals surface area contributed by atoms with E-state index in [1.165, 1.54) is 4.68 Å². The summed E-state index contributed by atoms with van der Waals surface area (Å²) < 4.78 is 25.3. The van der Waals surface area contributed by atoms with Crippen molar-refractivity contribution in [1.29, 1.82) is 0 Å². The average Bonchev–Trinajstić information content (AvgIpc) is 2.74. The molecule has 0 aliphatic heterocycles. The fourth-order valence-electron chi connectivity index (χ4n) is 1.85. The van der Waals surface area contributed by atoms with Crippen molar-refractivity contribution in [3.8, 4) is 5.82 Å². The van der Waals surface area contributed by atoms with E-state index >= 15 is 0 Å². The summed E-state index contributed by atoms with van der Waals surface area (Å²) in [6, 6.07) is 5.25. The van der Waals surface area contributed by atoms with Crippen LogP contribution in [0.2, 0.25) is 0 Å². The van der Waals surface area contributed by atoms with Gasteiger partial charge >= 0.3 is 0 Å². The third-order valence-electron chi connectivity index (χ3n) is 2.79. The SMILES string of the molecule is CC(C)CNc1nn(-c2ccccn2)c(N)c1S(C)(=O)=O. The van der Waals surface area contributed by atoms with Crippen LogP contribution in [0.1, 0.15) is 13.8 Å². The fourth-order valence-corrected chi connectivity index (χ4v) is 2.78. The number of aromatic nitrogens is 3. The predicted octanol–water partition coefficient (Wildman–Crippen LogP) is 1.32. The van der Waals surface area contributed by atoms with Crippen molar-refractivity contribution < 1.29 is 8.42 Å². The number of rotatable bonds is 5. The number of nitrogens with zero attached hydrogens (tertiary/aromatic N) is 3. The second kappa shape index (κ2) is 5.72. The Balaban J connectivity index is 2.55. The van der Waals surface area contributed by atoms with E-state index in [1.54, 1.807) is 24.4 Å². The highest BCUT2D eigenvalue weighted by molar-refractivity contribution is 7.91. The van der Waals surface area contributed by atoms with Gasteiger partial charge in [-0.05, 0) is 18.1 Å². The molecule has 0 atom stereocenters. The highest BCUT2D eigenvalue weighted by Gasteiger charge is 2.25. The van der Waals surface area contributed by atoms with Crippen molar-refractivity contribution in [2.75, 3.05) is 23.9 Å². The lowest BCUT2D eigenvalue weighted by molar-refractivity contribution is 0.602. The number of sulfone groups is 1. The Morgan fingerprint density at radius 1 is 1.38 bits per heavy atom. The van der Waals surface area contributed by atoms with Crippen molar-refractivity contribution in [2.24, 2.45) is 5.92 Å². The third-order valence-corrected chi connectivity index (χ3v) is 3.93. The van der Waals surface area contributed by atoms with Crippen LogP contribution in [0.4, 0.5) is 11.6 Å². The van der Waals surface area contributed by atoms with Crippen molar-refractivity contribution in [1.82, 2.24) is 14.8 Å². The van der Waals surface area contributed by atoms with Gasteiger partial charge in [0.15, 0.2) is 26.4 Å². The van der Waals surface area contributed by atoms with E-state index in [9.17, 15) is 8.42 Å². The second-order valence-electron chi connectivity index (χ2n) is 5.21. The summed E-state index contributed by atoms with van der Waals surface area (Å²) in [5.41, 5.74) is 5.97.